The summed E-state index contributed by atoms with van der Waals surface area (Å²) in [7, 11) is 0. The minimum Gasteiger partial charge on any atom is -0.338 e. The van der Waals surface area contributed by atoms with E-state index >= 15 is 0 Å². The van der Waals surface area contributed by atoms with Crippen molar-refractivity contribution < 1.29 is 4.79 Å². The lowest BCUT2D eigenvalue weighted by molar-refractivity contribution is -0.115. The SMILES string of the molecule is CCC(=O)Nc1ccc(-c2nnc3n2-c2cccnc2Nc2ccccc2-3)cc1. The highest BCUT2D eigenvalue weighted by Gasteiger charge is 2.24. The first kappa shape index (κ1) is 17.1. The number of anilines is 3. The fraction of sp³-hybridized carbons (Fsp3) is 0.0909. The lowest BCUT2D eigenvalue weighted by Gasteiger charge is -2.11. The van der Waals surface area contributed by atoms with Crippen molar-refractivity contribution in [2.24, 2.45) is 0 Å². The summed E-state index contributed by atoms with van der Waals surface area (Å²) in [5.74, 6) is 2.18. The maximum Gasteiger partial charge on any atom is 0.224 e. The molecule has 4 aromatic rings. The van der Waals surface area contributed by atoms with Crippen LogP contribution >= 0.6 is 0 Å². The van der Waals surface area contributed by atoms with Gasteiger partial charge in [-0.15, -0.1) is 10.2 Å². The Bertz CT molecular complexity index is 1210. The third-order valence-corrected chi connectivity index (χ3v) is 4.86. The average Bonchev–Trinajstić information content (AvgIpc) is 3.14. The summed E-state index contributed by atoms with van der Waals surface area (Å²) in [6.07, 6.45) is 2.20. The molecule has 29 heavy (non-hydrogen) atoms. The molecule has 0 aliphatic carbocycles. The van der Waals surface area contributed by atoms with Crippen LogP contribution in [0.3, 0.4) is 0 Å². The van der Waals surface area contributed by atoms with E-state index in [0.29, 0.717) is 12.2 Å². The molecule has 0 bridgehead atoms. The summed E-state index contributed by atoms with van der Waals surface area (Å²) in [5, 5.41) is 15.2. The molecule has 5 rings (SSSR count). The van der Waals surface area contributed by atoms with Gasteiger partial charge in [0.25, 0.3) is 0 Å². The van der Waals surface area contributed by atoms with E-state index in [1.807, 2.05) is 72.2 Å². The Morgan fingerprint density at radius 1 is 1.00 bits per heavy atom. The van der Waals surface area contributed by atoms with Crippen molar-refractivity contribution in [3.63, 3.8) is 0 Å². The molecular weight excluding hydrogens is 364 g/mol. The smallest absolute Gasteiger partial charge is 0.224 e. The predicted molar refractivity (Wildman–Crippen MR) is 112 cm³/mol. The first-order valence-electron chi connectivity index (χ1n) is 9.42. The third-order valence-electron chi connectivity index (χ3n) is 4.86. The highest BCUT2D eigenvalue weighted by Crippen LogP contribution is 2.38. The Morgan fingerprint density at radius 2 is 1.79 bits per heavy atom. The molecule has 0 radical (unpaired) electrons. The molecule has 0 unspecified atom stereocenters. The zero-order chi connectivity index (χ0) is 19.8. The number of amides is 1. The summed E-state index contributed by atoms with van der Waals surface area (Å²) in [4.78, 5) is 16.1. The largest absolute Gasteiger partial charge is 0.338 e. The van der Waals surface area contributed by atoms with Gasteiger partial charge in [-0.1, -0.05) is 19.1 Å². The quantitative estimate of drug-likeness (QED) is 0.483. The summed E-state index contributed by atoms with van der Waals surface area (Å²) in [5.41, 5.74) is 4.42. The van der Waals surface area contributed by atoms with Crippen LogP contribution in [-0.2, 0) is 4.79 Å². The van der Waals surface area contributed by atoms with Crippen LogP contribution < -0.4 is 10.6 Å². The molecule has 2 aromatic heterocycles. The Hall–Kier alpha value is -4.00. The van der Waals surface area contributed by atoms with Crippen LogP contribution in [0.4, 0.5) is 17.2 Å². The first-order chi connectivity index (χ1) is 14.2. The van der Waals surface area contributed by atoms with Gasteiger partial charge in [0, 0.05) is 29.4 Å². The summed E-state index contributed by atoms with van der Waals surface area (Å²) in [6.45, 7) is 1.83. The van der Waals surface area contributed by atoms with Crippen molar-refractivity contribution in [2.75, 3.05) is 10.6 Å². The molecule has 7 heteroatoms. The van der Waals surface area contributed by atoms with E-state index in [1.54, 1.807) is 6.20 Å². The van der Waals surface area contributed by atoms with E-state index in [9.17, 15) is 4.79 Å². The van der Waals surface area contributed by atoms with Gasteiger partial charge < -0.3 is 10.6 Å². The van der Waals surface area contributed by atoms with Crippen LogP contribution in [-0.4, -0.2) is 25.7 Å². The fourth-order valence-electron chi connectivity index (χ4n) is 3.41. The van der Waals surface area contributed by atoms with Crippen LogP contribution in [0.5, 0.6) is 0 Å². The number of para-hydroxylation sites is 1. The molecule has 1 aliphatic heterocycles. The molecule has 1 aliphatic rings. The third kappa shape index (κ3) is 2.93. The Balaban J connectivity index is 1.66. The normalized spacial score (nSPS) is 11.5. The molecule has 3 heterocycles. The van der Waals surface area contributed by atoms with E-state index in [-0.39, 0.29) is 5.91 Å². The van der Waals surface area contributed by atoms with Crippen molar-refractivity contribution in [2.45, 2.75) is 13.3 Å². The number of nitrogens with zero attached hydrogens (tertiary/aromatic N) is 4. The second-order valence-corrected chi connectivity index (χ2v) is 6.70. The predicted octanol–water partition coefficient (Wildman–Crippen LogP) is 4.40. The average molecular weight is 382 g/mol. The Labute approximate surface area is 167 Å². The van der Waals surface area contributed by atoms with Gasteiger partial charge in [0.1, 0.15) is 0 Å². The molecule has 2 N–H and O–H groups in total. The van der Waals surface area contributed by atoms with E-state index < -0.39 is 0 Å². The highest BCUT2D eigenvalue weighted by atomic mass is 16.1. The van der Waals surface area contributed by atoms with E-state index in [0.717, 1.165) is 39.8 Å². The van der Waals surface area contributed by atoms with Gasteiger partial charge in [-0.05, 0) is 48.5 Å². The lowest BCUT2D eigenvalue weighted by atomic mass is 10.1. The molecule has 0 saturated carbocycles. The van der Waals surface area contributed by atoms with Crippen molar-refractivity contribution in [1.82, 2.24) is 19.7 Å². The van der Waals surface area contributed by atoms with Gasteiger partial charge in [-0.2, -0.15) is 0 Å². The molecule has 1 amide bonds. The van der Waals surface area contributed by atoms with E-state index in [4.69, 9.17) is 0 Å². The zero-order valence-electron chi connectivity index (χ0n) is 15.8. The van der Waals surface area contributed by atoms with Crippen molar-refractivity contribution in [3.8, 4) is 28.5 Å². The van der Waals surface area contributed by atoms with Crippen molar-refractivity contribution in [3.05, 3.63) is 66.9 Å². The lowest BCUT2D eigenvalue weighted by Crippen LogP contribution is -2.09. The highest BCUT2D eigenvalue weighted by molar-refractivity contribution is 5.91. The summed E-state index contributed by atoms with van der Waals surface area (Å²) >= 11 is 0. The van der Waals surface area contributed by atoms with Gasteiger partial charge in [-0.25, -0.2) is 4.98 Å². The number of benzene rings is 2. The molecule has 0 fully saturated rings. The number of pyridine rings is 1. The number of hydrogen-bond acceptors (Lipinski definition) is 5. The molecule has 142 valence electrons. The fourth-order valence-corrected chi connectivity index (χ4v) is 3.41. The number of fused-ring (bicyclic) bond motifs is 5. The molecular formula is C22H18N6O. The maximum absolute atomic E-state index is 11.6. The van der Waals surface area contributed by atoms with Gasteiger partial charge in [-0.3, -0.25) is 9.36 Å². The van der Waals surface area contributed by atoms with Gasteiger partial charge >= 0.3 is 0 Å². The topological polar surface area (TPSA) is 84.7 Å². The van der Waals surface area contributed by atoms with Crippen molar-refractivity contribution >= 4 is 23.1 Å². The number of rotatable bonds is 3. The van der Waals surface area contributed by atoms with Crippen LogP contribution in [0.2, 0.25) is 0 Å². The Kier molecular flexibility index (Phi) is 4.05. The number of aromatic nitrogens is 4. The maximum atomic E-state index is 11.6. The van der Waals surface area contributed by atoms with Crippen molar-refractivity contribution in [1.29, 1.82) is 0 Å². The van der Waals surface area contributed by atoms with Crippen LogP contribution in [0.15, 0.2) is 66.9 Å². The zero-order valence-corrected chi connectivity index (χ0v) is 15.8. The monoisotopic (exact) mass is 382 g/mol. The number of hydrogen-bond donors (Lipinski definition) is 2. The number of carbonyl (C=O) groups is 1. The molecule has 0 atom stereocenters. The van der Waals surface area contributed by atoms with E-state index in [1.165, 1.54) is 0 Å². The van der Waals surface area contributed by atoms with Gasteiger partial charge in [0.2, 0.25) is 5.91 Å². The number of carbonyl (C=O) groups excluding carboxylic acids is 1. The second-order valence-electron chi connectivity index (χ2n) is 6.70. The summed E-state index contributed by atoms with van der Waals surface area (Å²) in [6, 6.07) is 19.5. The van der Waals surface area contributed by atoms with Crippen LogP contribution in [0.25, 0.3) is 28.5 Å². The second kappa shape index (κ2) is 6.87. The minimum absolute atomic E-state index is 0.0169. The molecule has 0 saturated heterocycles. The Morgan fingerprint density at radius 3 is 2.62 bits per heavy atom. The molecule has 7 nitrogen and oxygen atoms in total. The molecule has 0 spiro atoms. The van der Waals surface area contributed by atoms with Crippen LogP contribution in [0, 0.1) is 0 Å². The standard InChI is InChI=1S/C22H18N6O/c1-2-19(29)24-15-11-9-14(10-12-15)21-26-27-22-16-6-3-4-7-17(16)25-20-18(28(21)22)8-5-13-23-20/h3-13H,2H2,1H3,(H,23,25)(H,24,29). The summed E-state index contributed by atoms with van der Waals surface area (Å²) < 4.78 is 2.01. The van der Waals surface area contributed by atoms with Crippen LogP contribution in [0.1, 0.15) is 13.3 Å². The molecule has 2 aromatic carbocycles. The number of nitrogens with one attached hydrogen (secondary N) is 2. The van der Waals surface area contributed by atoms with E-state index in [2.05, 4.69) is 25.8 Å². The van der Waals surface area contributed by atoms with Gasteiger partial charge in [0.05, 0.1) is 11.4 Å². The minimum atomic E-state index is -0.0169. The first-order valence-corrected chi connectivity index (χ1v) is 9.42. The van der Waals surface area contributed by atoms with Gasteiger partial charge in [0.15, 0.2) is 17.5 Å².